The fourth-order valence-corrected chi connectivity index (χ4v) is 4.75. The predicted octanol–water partition coefficient (Wildman–Crippen LogP) is 5.76. The molecular weight excluding hydrogens is 458 g/mol. The van der Waals surface area contributed by atoms with Crippen molar-refractivity contribution in [3.8, 4) is 17.0 Å². The van der Waals surface area contributed by atoms with Crippen LogP contribution in [0.5, 0.6) is 5.75 Å². The average molecular weight is 498 g/mol. The molecule has 1 aromatic carbocycles. The van der Waals surface area contributed by atoms with E-state index in [0.717, 1.165) is 74.1 Å². The van der Waals surface area contributed by atoms with Crippen LogP contribution in [0.2, 0.25) is 0 Å². The molecule has 2 N–H and O–H groups in total. The molecular formula is C29H39NO6. The summed E-state index contributed by atoms with van der Waals surface area (Å²) in [4.78, 5) is 23.1. The van der Waals surface area contributed by atoms with Crippen molar-refractivity contribution >= 4 is 11.7 Å². The number of ether oxygens (including phenoxy) is 2. The topological polar surface area (TPSA) is 98.0 Å². The zero-order valence-electron chi connectivity index (χ0n) is 21.8. The molecule has 0 radical (unpaired) electrons. The number of aliphatic hydroxyl groups excluding tert-OH is 1. The van der Waals surface area contributed by atoms with Crippen molar-refractivity contribution in [3.63, 3.8) is 0 Å². The molecule has 2 heterocycles. The van der Waals surface area contributed by atoms with Crippen LogP contribution in [0, 0.1) is 0 Å². The van der Waals surface area contributed by atoms with Gasteiger partial charge in [-0.3, -0.25) is 4.79 Å². The van der Waals surface area contributed by atoms with Crippen LogP contribution in [0.4, 0.5) is 0 Å². The highest BCUT2D eigenvalue weighted by Crippen LogP contribution is 2.35. The first-order chi connectivity index (χ1) is 17.3. The normalized spacial score (nSPS) is 12.1. The van der Waals surface area contributed by atoms with Gasteiger partial charge in [-0.15, -0.1) is 0 Å². The van der Waals surface area contributed by atoms with Crippen molar-refractivity contribution in [2.75, 3.05) is 20.3 Å². The highest BCUT2D eigenvalue weighted by Gasteiger charge is 2.21. The maximum atomic E-state index is 12.7. The number of unbranched alkanes of at least 4 members (excludes halogenated alkanes) is 6. The molecule has 0 amide bonds. The molecule has 7 heteroatoms. The van der Waals surface area contributed by atoms with E-state index < -0.39 is 5.97 Å². The molecule has 36 heavy (non-hydrogen) atoms. The first kappa shape index (κ1) is 27.5. The summed E-state index contributed by atoms with van der Waals surface area (Å²) < 4.78 is 12.8. The van der Waals surface area contributed by atoms with Gasteiger partial charge in [-0.2, -0.15) is 0 Å². The van der Waals surface area contributed by atoms with Gasteiger partial charge in [0.05, 0.1) is 18.4 Å². The van der Waals surface area contributed by atoms with Crippen LogP contribution in [-0.2, 0) is 28.9 Å². The number of carboxylic acids is 1. The number of nitrogens with zero attached hydrogens (tertiary/aromatic N) is 1. The Morgan fingerprint density at radius 3 is 2.36 bits per heavy atom. The van der Waals surface area contributed by atoms with Crippen LogP contribution in [0.15, 0.2) is 34.8 Å². The summed E-state index contributed by atoms with van der Waals surface area (Å²) >= 11 is 0. The van der Waals surface area contributed by atoms with E-state index in [-0.39, 0.29) is 17.8 Å². The van der Waals surface area contributed by atoms with Gasteiger partial charge >= 0.3 is 5.97 Å². The molecule has 1 aliphatic rings. The maximum absolute atomic E-state index is 12.7. The fourth-order valence-electron chi connectivity index (χ4n) is 4.75. The van der Waals surface area contributed by atoms with Crippen LogP contribution in [0.25, 0.3) is 17.0 Å². The monoisotopic (exact) mass is 497 g/mol. The Kier molecular flexibility index (Phi) is 10.2. The Bertz CT molecular complexity index is 1140. The lowest BCUT2D eigenvalue weighted by atomic mass is 9.92. The van der Waals surface area contributed by atoms with Crippen LogP contribution < -0.4 is 10.2 Å². The van der Waals surface area contributed by atoms with Gasteiger partial charge in [0, 0.05) is 31.0 Å². The number of carbonyl (C=O) groups is 1. The number of methoxy groups -OCH3 is 1. The van der Waals surface area contributed by atoms with E-state index in [2.05, 4.69) is 16.7 Å². The van der Waals surface area contributed by atoms with Gasteiger partial charge in [0.25, 0.3) is 0 Å². The van der Waals surface area contributed by atoms with E-state index >= 15 is 0 Å². The van der Waals surface area contributed by atoms with Gasteiger partial charge in [-0.05, 0) is 62.3 Å². The molecule has 2 aromatic rings. The number of benzene rings is 1. The second-order valence-corrected chi connectivity index (χ2v) is 9.72. The highest BCUT2D eigenvalue weighted by atomic mass is 16.5. The smallest absolute Gasteiger partial charge is 0.329 e. The van der Waals surface area contributed by atoms with Crippen LogP contribution in [-0.4, -0.2) is 41.1 Å². The van der Waals surface area contributed by atoms with E-state index in [0.29, 0.717) is 12.2 Å². The number of rotatable bonds is 14. The van der Waals surface area contributed by atoms with E-state index in [4.69, 9.17) is 14.6 Å². The molecule has 0 aliphatic carbocycles. The third-order valence-electron chi connectivity index (χ3n) is 6.72. The molecule has 3 rings (SSSR count). The second-order valence-electron chi connectivity index (χ2n) is 9.72. The first-order valence-corrected chi connectivity index (χ1v) is 12.9. The van der Waals surface area contributed by atoms with Gasteiger partial charge in [0.2, 0.25) is 0 Å². The van der Waals surface area contributed by atoms with Crippen LogP contribution in [0.3, 0.4) is 0 Å². The molecule has 0 bridgehead atoms. The Morgan fingerprint density at radius 1 is 1.00 bits per heavy atom. The zero-order valence-corrected chi connectivity index (χ0v) is 21.8. The van der Waals surface area contributed by atoms with Gasteiger partial charge in [0.15, 0.2) is 5.43 Å². The number of pyridine rings is 1. The highest BCUT2D eigenvalue weighted by molar-refractivity contribution is 5.71. The quantitative estimate of drug-likeness (QED) is 0.254. The van der Waals surface area contributed by atoms with Gasteiger partial charge in [-0.1, -0.05) is 38.2 Å². The molecule has 1 aromatic heterocycles. The Labute approximate surface area is 213 Å². The first-order valence-electron chi connectivity index (χ1n) is 12.9. The molecule has 0 saturated heterocycles. The van der Waals surface area contributed by atoms with Crippen LogP contribution >= 0.6 is 0 Å². The minimum absolute atomic E-state index is 0.0544. The van der Waals surface area contributed by atoms with E-state index in [9.17, 15) is 14.7 Å². The fraction of sp³-hybridized carbons (Fsp3) is 0.517. The number of aromatic nitrogens is 1. The molecule has 0 unspecified atom stereocenters. The van der Waals surface area contributed by atoms with Crippen molar-refractivity contribution in [2.24, 2.45) is 0 Å². The molecule has 1 aliphatic heterocycles. The lowest BCUT2D eigenvalue weighted by Crippen LogP contribution is -2.19. The number of hydrogen-bond acceptors (Lipinski definition) is 5. The van der Waals surface area contributed by atoms with Crippen molar-refractivity contribution in [1.82, 2.24) is 4.57 Å². The summed E-state index contributed by atoms with van der Waals surface area (Å²) in [5.74, 6) is -0.00765. The van der Waals surface area contributed by atoms with Crippen LogP contribution in [0.1, 0.15) is 75.5 Å². The molecule has 0 saturated carbocycles. The average Bonchev–Trinajstić information content (AvgIpc) is 2.85. The maximum Gasteiger partial charge on any atom is 0.329 e. The Morgan fingerprint density at radius 2 is 1.69 bits per heavy atom. The summed E-state index contributed by atoms with van der Waals surface area (Å²) in [7, 11) is 1.69. The largest absolute Gasteiger partial charge is 0.507 e. The zero-order chi connectivity index (χ0) is 26.1. The van der Waals surface area contributed by atoms with Crippen molar-refractivity contribution in [3.05, 3.63) is 56.9 Å². The molecule has 7 nitrogen and oxygen atoms in total. The summed E-state index contributed by atoms with van der Waals surface area (Å²) in [6.07, 6.45) is 11.3. The minimum atomic E-state index is -0.916. The van der Waals surface area contributed by atoms with Crippen molar-refractivity contribution in [1.29, 1.82) is 0 Å². The van der Waals surface area contributed by atoms with Crippen molar-refractivity contribution < 1.29 is 24.5 Å². The van der Waals surface area contributed by atoms with E-state index in [1.807, 2.05) is 0 Å². The molecule has 196 valence electrons. The summed E-state index contributed by atoms with van der Waals surface area (Å²) in [5, 5.41) is 18.9. The number of fused-ring (bicyclic) bond motifs is 3. The SMILES string of the molecule is COc1cc2c(cc1CCCCCCCCCOCC(=O)O)CCn1cc(C(O)=C(C)C)c(=O)cc1-2. The predicted molar refractivity (Wildman–Crippen MR) is 142 cm³/mol. The number of carboxylic acid groups (broad SMARTS) is 1. The number of aliphatic carboxylic acids is 1. The standard InChI is InChI=1S/C29H39NO6/c1-20(2)29(34)24-18-30-13-12-21-15-22(27(35-3)16-23(21)25(30)17-26(24)31)11-9-7-5-4-6-8-10-14-36-19-28(32)33/h15-18,34H,4-14,19H2,1-3H3,(H,32,33). The van der Waals surface area contributed by atoms with Gasteiger partial charge < -0.3 is 24.3 Å². The second kappa shape index (κ2) is 13.3. The van der Waals surface area contributed by atoms with E-state index in [1.165, 1.54) is 24.0 Å². The number of allylic oxidation sites excluding steroid dienone is 1. The molecule has 0 spiro atoms. The van der Waals surface area contributed by atoms with Gasteiger partial charge in [-0.25, -0.2) is 4.79 Å². The Balaban J connectivity index is 1.56. The third-order valence-corrected chi connectivity index (χ3v) is 6.72. The van der Waals surface area contributed by atoms with E-state index in [1.54, 1.807) is 33.2 Å². The van der Waals surface area contributed by atoms with Gasteiger partial charge in [0.1, 0.15) is 18.1 Å². The summed E-state index contributed by atoms with van der Waals surface area (Å²) in [6.45, 7) is 4.66. The lowest BCUT2D eigenvalue weighted by molar-refractivity contribution is -0.142. The number of hydrogen-bond donors (Lipinski definition) is 2. The number of aryl methyl sites for hydroxylation is 3. The Hall–Kier alpha value is -3.06. The minimum Gasteiger partial charge on any atom is -0.507 e. The lowest BCUT2D eigenvalue weighted by Gasteiger charge is -2.25. The summed E-state index contributed by atoms with van der Waals surface area (Å²) in [5.41, 5.74) is 5.22. The van der Waals surface area contributed by atoms with Crippen molar-refractivity contribution in [2.45, 2.75) is 78.2 Å². The summed E-state index contributed by atoms with van der Waals surface area (Å²) in [6, 6.07) is 5.92. The molecule has 0 fully saturated rings. The molecule has 0 atom stereocenters. The number of aliphatic hydroxyl groups is 1. The third kappa shape index (κ3) is 7.23.